The molecule has 0 aliphatic carbocycles. The number of anilines is 2. The largest absolute Gasteiger partial charge is 0.465 e. The molecular formula is C21H22N2O6. The van der Waals surface area contributed by atoms with Crippen molar-refractivity contribution in [2.24, 2.45) is 0 Å². The summed E-state index contributed by atoms with van der Waals surface area (Å²) in [5, 5.41) is 0. The lowest BCUT2D eigenvalue weighted by Crippen LogP contribution is -2.35. The van der Waals surface area contributed by atoms with E-state index >= 15 is 0 Å². The van der Waals surface area contributed by atoms with Crippen LogP contribution in [0.5, 0.6) is 0 Å². The average Bonchev–Trinajstić information content (AvgIpc) is 2.99. The molecule has 0 radical (unpaired) electrons. The number of esters is 2. The van der Waals surface area contributed by atoms with Gasteiger partial charge in [-0.05, 0) is 48.8 Å². The molecule has 8 nitrogen and oxygen atoms in total. The molecule has 0 unspecified atom stereocenters. The molecule has 29 heavy (non-hydrogen) atoms. The van der Waals surface area contributed by atoms with Gasteiger partial charge in [0.25, 0.3) is 0 Å². The molecule has 0 bridgehead atoms. The van der Waals surface area contributed by atoms with Crippen molar-refractivity contribution < 1.29 is 28.6 Å². The van der Waals surface area contributed by atoms with Crippen LogP contribution in [0.2, 0.25) is 0 Å². The summed E-state index contributed by atoms with van der Waals surface area (Å²) in [5.41, 5.74) is 2.48. The van der Waals surface area contributed by atoms with Crippen molar-refractivity contribution in [3.8, 4) is 0 Å². The van der Waals surface area contributed by atoms with Gasteiger partial charge in [0.05, 0.1) is 32.6 Å². The van der Waals surface area contributed by atoms with E-state index in [9.17, 15) is 14.4 Å². The summed E-state index contributed by atoms with van der Waals surface area (Å²) in [6.45, 7) is 0.576. The summed E-state index contributed by atoms with van der Waals surface area (Å²) >= 11 is 0. The zero-order valence-electron chi connectivity index (χ0n) is 16.5. The second-order valence-corrected chi connectivity index (χ2v) is 6.35. The lowest BCUT2D eigenvalue weighted by Gasteiger charge is -2.30. The van der Waals surface area contributed by atoms with Crippen LogP contribution in [-0.4, -0.2) is 45.9 Å². The van der Waals surface area contributed by atoms with Gasteiger partial charge in [0.1, 0.15) is 5.70 Å². The van der Waals surface area contributed by atoms with E-state index in [1.54, 1.807) is 40.3 Å². The molecule has 2 aliphatic rings. The van der Waals surface area contributed by atoms with Crippen LogP contribution < -0.4 is 9.80 Å². The maximum atomic E-state index is 12.5. The van der Waals surface area contributed by atoms with Crippen LogP contribution >= 0.6 is 0 Å². The van der Waals surface area contributed by atoms with E-state index in [0.717, 1.165) is 24.1 Å². The second-order valence-electron chi connectivity index (χ2n) is 6.35. The summed E-state index contributed by atoms with van der Waals surface area (Å²) < 4.78 is 14.6. The molecule has 0 saturated carbocycles. The number of nitrogens with zero attached hydrogens (tertiary/aromatic N) is 2. The molecule has 3 rings (SSSR count). The maximum absolute atomic E-state index is 12.5. The molecule has 0 N–H and O–H groups in total. The number of methoxy groups -OCH3 is 3. The van der Waals surface area contributed by atoms with Crippen molar-refractivity contribution in [3.05, 3.63) is 59.5 Å². The highest BCUT2D eigenvalue weighted by Gasteiger charge is 2.29. The third-order valence-corrected chi connectivity index (χ3v) is 4.74. The highest BCUT2D eigenvalue weighted by Crippen LogP contribution is 2.34. The van der Waals surface area contributed by atoms with E-state index in [2.05, 4.69) is 0 Å². The summed E-state index contributed by atoms with van der Waals surface area (Å²) in [6, 6.07) is 5.46. The van der Waals surface area contributed by atoms with Crippen molar-refractivity contribution in [2.75, 3.05) is 37.7 Å². The fourth-order valence-electron chi connectivity index (χ4n) is 3.40. The van der Waals surface area contributed by atoms with Crippen molar-refractivity contribution in [3.63, 3.8) is 0 Å². The van der Waals surface area contributed by atoms with Gasteiger partial charge in [-0.2, -0.15) is 0 Å². The Bertz CT molecular complexity index is 931. The zero-order chi connectivity index (χ0) is 21.0. The summed E-state index contributed by atoms with van der Waals surface area (Å²) in [4.78, 5) is 40.0. The fraction of sp³-hybridized carbons (Fsp3) is 0.286. The Kier molecular flexibility index (Phi) is 6.01. The molecule has 0 saturated heterocycles. The van der Waals surface area contributed by atoms with Gasteiger partial charge in [-0.15, -0.1) is 0 Å². The van der Waals surface area contributed by atoms with Crippen LogP contribution in [0.3, 0.4) is 0 Å². The van der Waals surface area contributed by atoms with Gasteiger partial charge in [-0.1, -0.05) is 6.08 Å². The second kappa shape index (κ2) is 8.64. The monoisotopic (exact) mass is 398 g/mol. The van der Waals surface area contributed by atoms with Crippen LogP contribution in [0.4, 0.5) is 16.2 Å². The Labute approximate surface area is 168 Å². The van der Waals surface area contributed by atoms with Gasteiger partial charge >= 0.3 is 18.0 Å². The number of carbonyl (C=O) groups is 3. The lowest BCUT2D eigenvalue weighted by molar-refractivity contribution is -0.139. The first kappa shape index (κ1) is 20.2. The molecule has 8 heteroatoms. The number of ether oxygens (including phenoxy) is 3. The van der Waals surface area contributed by atoms with Gasteiger partial charge in [0.15, 0.2) is 0 Å². The van der Waals surface area contributed by atoms with Gasteiger partial charge in [-0.25, -0.2) is 14.4 Å². The maximum Gasteiger partial charge on any atom is 0.414 e. The minimum atomic E-state index is -0.671. The van der Waals surface area contributed by atoms with Crippen molar-refractivity contribution in [2.45, 2.75) is 12.8 Å². The lowest BCUT2D eigenvalue weighted by atomic mass is 10.0. The molecule has 1 aromatic rings. The van der Waals surface area contributed by atoms with E-state index < -0.39 is 18.0 Å². The van der Waals surface area contributed by atoms with E-state index in [1.807, 2.05) is 6.07 Å². The summed E-state index contributed by atoms with van der Waals surface area (Å²) in [5.74, 6) is -1.32. The molecule has 0 fully saturated rings. The third kappa shape index (κ3) is 3.87. The molecule has 152 valence electrons. The molecule has 0 spiro atoms. The zero-order valence-corrected chi connectivity index (χ0v) is 16.5. The molecule has 1 amide bonds. The first-order valence-corrected chi connectivity index (χ1v) is 9.05. The fourth-order valence-corrected chi connectivity index (χ4v) is 3.40. The third-order valence-electron chi connectivity index (χ3n) is 4.74. The number of amides is 1. The Morgan fingerprint density at radius 1 is 0.966 bits per heavy atom. The number of aryl methyl sites for hydroxylation is 1. The van der Waals surface area contributed by atoms with E-state index in [-0.39, 0.29) is 11.3 Å². The average molecular weight is 398 g/mol. The Morgan fingerprint density at radius 2 is 1.72 bits per heavy atom. The van der Waals surface area contributed by atoms with E-state index in [1.165, 1.54) is 27.4 Å². The van der Waals surface area contributed by atoms with Gasteiger partial charge < -0.3 is 19.1 Å². The number of hydrogen-bond donors (Lipinski definition) is 0. The Hall–Kier alpha value is -3.55. The minimum Gasteiger partial charge on any atom is -0.465 e. The number of allylic oxidation sites excluding steroid dienone is 2. The van der Waals surface area contributed by atoms with Crippen LogP contribution in [0.15, 0.2) is 53.9 Å². The number of fused-ring (bicyclic) bond motifs is 1. The van der Waals surface area contributed by atoms with Gasteiger partial charge in [0, 0.05) is 18.4 Å². The smallest absolute Gasteiger partial charge is 0.414 e. The van der Waals surface area contributed by atoms with Crippen molar-refractivity contribution >= 4 is 29.4 Å². The van der Waals surface area contributed by atoms with Crippen LogP contribution in [-0.2, 0) is 30.2 Å². The summed E-state index contributed by atoms with van der Waals surface area (Å²) in [6.07, 6.45) is 7.67. The Balaban J connectivity index is 2.10. The molecule has 2 aliphatic heterocycles. The highest BCUT2D eigenvalue weighted by atomic mass is 16.5. The predicted octanol–water partition coefficient (Wildman–Crippen LogP) is 2.70. The molecule has 1 aromatic carbocycles. The normalized spacial score (nSPS) is 15.6. The number of benzene rings is 1. The van der Waals surface area contributed by atoms with Crippen molar-refractivity contribution in [1.82, 2.24) is 0 Å². The predicted molar refractivity (Wildman–Crippen MR) is 106 cm³/mol. The molecule has 2 heterocycles. The number of hydrogen-bond acceptors (Lipinski definition) is 7. The van der Waals surface area contributed by atoms with Crippen molar-refractivity contribution in [1.29, 1.82) is 0 Å². The summed E-state index contributed by atoms with van der Waals surface area (Å²) in [7, 11) is 3.85. The van der Waals surface area contributed by atoms with Gasteiger partial charge in [-0.3, -0.25) is 4.90 Å². The van der Waals surface area contributed by atoms with Gasteiger partial charge in [0.2, 0.25) is 0 Å². The number of rotatable bonds is 3. The first-order chi connectivity index (χ1) is 14.0. The Morgan fingerprint density at radius 3 is 2.41 bits per heavy atom. The molecule has 0 atom stereocenters. The SMILES string of the molecule is COC(=O)C1=C(C(=O)OC)N(c2ccc3c(c2)CCCN3C(=O)OC)C=CC=C1. The quantitative estimate of drug-likeness (QED) is 0.572. The molecular weight excluding hydrogens is 376 g/mol. The first-order valence-electron chi connectivity index (χ1n) is 9.05. The van der Waals surface area contributed by atoms with Crippen LogP contribution in [0, 0.1) is 0 Å². The minimum absolute atomic E-state index is 0.0462. The standard InChI is InChI=1S/C21H22N2O6/c1-27-19(24)16-8-4-5-11-22(18(16)20(25)28-2)15-9-10-17-14(13-15)7-6-12-23(17)21(26)29-3/h4-5,8-11,13H,6-7,12H2,1-3H3. The van der Waals surface area contributed by atoms with Crippen LogP contribution in [0.1, 0.15) is 12.0 Å². The number of carbonyl (C=O) groups excluding carboxylic acids is 3. The molecule has 0 aromatic heterocycles. The van der Waals surface area contributed by atoms with Crippen LogP contribution in [0.25, 0.3) is 0 Å². The van der Waals surface area contributed by atoms with E-state index in [4.69, 9.17) is 14.2 Å². The van der Waals surface area contributed by atoms with E-state index in [0.29, 0.717) is 12.2 Å². The highest BCUT2D eigenvalue weighted by molar-refractivity contribution is 6.05. The topological polar surface area (TPSA) is 85.4 Å².